The van der Waals surface area contributed by atoms with Crippen molar-refractivity contribution >= 4 is 23.6 Å². The van der Waals surface area contributed by atoms with E-state index in [0.29, 0.717) is 10.6 Å². The molecule has 0 spiro atoms. The molecule has 0 heterocycles. The minimum absolute atomic E-state index is 0.253. The van der Waals surface area contributed by atoms with Crippen molar-refractivity contribution in [3.63, 3.8) is 0 Å². The molecule has 1 aromatic rings. The van der Waals surface area contributed by atoms with Gasteiger partial charge in [-0.15, -0.1) is 0 Å². The van der Waals surface area contributed by atoms with E-state index < -0.39 is 5.54 Å². The van der Waals surface area contributed by atoms with E-state index in [1.165, 1.54) is 0 Å². The zero-order chi connectivity index (χ0) is 13.8. The molecule has 1 amide bonds. The summed E-state index contributed by atoms with van der Waals surface area (Å²) in [5.74, 6) is -0.253. The maximum atomic E-state index is 11.8. The summed E-state index contributed by atoms with van der Waals surface area (Å²) in [6.07, 6.45) is 1.75. The molecule has 1 N–H and O–H groups in total. The van der Waals surface area contributed by atoms with Gasteiger partial charge in [-0.1, -0.05) is 23.7 Å². The summed E-state index contributed by atoms with van der Waals surface area (Å²) in [6.45, 7) is 5.01. The third-order valence-corrected chi connectivity index (χ3v) is 2.57. The Morgan fingerprint density at radius 1 is 1.39 bits per heavy atom. The highest BCUT2D eigenvalue weighted by molar-refractivity contribution is 6.30. The first-order chi connectivity index (χ1) is 8.34. The number of hydrogen-bond donors (Lipinski definition) is 1. The fraction of sp³-hybridized carbons (Fsp3) is 0.286. The number of rotatable bonds is 3. The number of nitrogens with zero attached hydrogens (tertiary/aromatic N) is 1. The van der Waals surface area contributed by atoms with E-state index in [0.717, 1.165) is 5.56 Å². The van der Waals surface area contributed by atoms with Gasteiger partial charge < -0.3 is 5.32 Å². The number of carbonyl (C=O) groups is 1. The zero-order valence-electron chi connectivity index (χ0n) is 10.6. The molecule has 0 radical (unpaired) electrons. The van der Waals surface area contributed by atoms with Crippen LogP contribution in [0.2, 0.25) is 5.02 Å². The van der Waals surface area contributed by atoms with Gasteiger partial charge in [-0.05, 0) is 44.5 Å². The lowest BCUT2D eigenvalue weighted by molar-refractivity contribution is -0.118. The quantitative estimate of drug-likeness (QED) is 0.851. The van der Waals surface area contributed by atoms with Gasteiger partial charge in [0.15, 0.2) is 0 Å². The molecule has 0 fully saturated rings. The number of nitrogens with one attached hydrogen (secondary N) is 1. The standard InChI is InChI=1S/C14H15ClN2O/c1-10(13(18)17-14(2,3)9-16)8-11-4-6-12(15)7-5-11/h4-8H,1-3H3,(H,17,18)/b10-8+. The van der Waals surface area contributed by atoms with Crippen LogP contribution < -0.4 is 5.32 Å². The maximum Gasteiger partial charge on any atom is 0.248 e. The first-order valence-corrected chi connectivity index (χ1v) is 5.89. The monoisotopic (exact) mass is 262 g/mol. The number of halogens is 1. The molecule has 4 heteroatoms. The van der Waals surface area contributed by atoms with Gasteiger partial charge in [0.05, 0.1) is 6.07 Å². The predicted molar refractivity (Wildman–Crippen MR) is 72.9 cm³/mol. The third-order valence-electron chi connectivity index (χ3n) is 2.32. The highest BCUT2D eigenvalue weighted by Crippen LogP contribution is 2.13. The van der Waals surface area contributed by atoms with Crippen molar-refractivity contribution in [3.8, 4) is 6.07 Å². The fourth-order valence-electron chi connectivity index (χ4n) is 1.28. The Bertz CT molecular complexity index is 510. The summed E-state index contributed by atoms with van der Waals surface area (Å²) in [5.41, 5.74) is 0.564. The molecule has 0 saturated heterocycles. The Morgan fingerprint density at radius 3 is 2.44 bits per heavy atom. The smallest absolute Gasteiger partial charge is 0.248 e. The summed E-state index contributed by atoms with van der Waals surface area (Å²) in [7, 11) is 0. The average molecular weight is 263 g/mol. The van der Waals surface area contributed by atoms with Gasteiger partial charge in [-0.3, -0.25) is 4.79 Å². The van der Waals surface area contributed by atoms with E-state index in [4.69, 9.17) is 16.9 Å². The lowest BCUT2D eigenvalue weighted by Crippen LogP contribution is -2.42. The van der Waals surface area contributed by atoms with Crippen LogP contribution in [0.4, 0.5) is 0 Å². The normalized spacial score (nSPS) is 11.8. The zero-order valence-corrected chi connectivity index (χ0v) is 11.4. The van der Waals surface area contributed by atoms with E-state index in [1.807, 2.05) is 18.2 Å². The SMILES string of the molecule is C/C(=C\c1ccc(Cl)cc1)C(=O)NC(C)(C)C#N. The highest BCUT2D eigenvalue weighted by atomic mass is 35.5. The van der Waals surface area contributed by atoms with Crippen LogP contribution in [-0.4, -0.2) is 11.4 Å². The molecule has 0 unspecified atom stereocenters. The predicted octanol–water partition coefficient (Wildman–Crippen LogP) is 3.16. The van der Waals surface area contributed by atoms with E-state index in [-0.39, 0.29) is 5.91 Å². The topological polar surface area (TPSA) is 52.9 Å². The molecule has 3 nitrogen and oxygen atoms in total. The second-order valence-corrected chi connectivity index (χ2v) is 5.01. The van der Waals surface area contributed by atoms with E-state index in [1.54, 1.807) is 39.0 Å². The van der Waals surface area contributed by atoms with Gasteiger partial charge >= 0.3 is 0 Å². The maximum absolute atomic E-state index is 11.8. The van der Waals surface area contributed by atoms with Crippen molar-refractivity contribution < 1.29 is 4.79 Å². The summed E-state index contributed by atoms with van der Waals surface area (Å²) in [6, 6.07) is 9.20. The van der Waals surface area contributed by atoms with Crippen LogP contribution in [0.15, 0.2) is 29.8 Å². The van der Waals surface area contributed by atoms with Gasteiger partial charge in [0.1, 0.15) is 5.54 Å². The molecule has 0 aliphatic heterocycles. The molecule has 0 aliphatic carbocycles. The molecule has 0 aromatic heterocycles. The van der Waals surface area contributed by atoms with Crippen LogP contribution in [-0.2, 0) is 4.79 Å². The van der Waals surface area contributed by atoms with Gasteiger partial charge in [-0.25, -0.2) is 0 Å². The molecule has 94 valence electrons. The number of amides is 1. The number of nitriles is 1. The molecule has 0 atom stereocenters. The molecule has 0 saturated carbocycles. The van der Waals surface area contributed by atoms with Crippen molar-refractivity contribution in [3.05, 3.63) is 40.4 Å². The lowest BCUT2D eigenvalue weighted by Gasteiger charge is -2.17. The summed E-state index contributed by atoms with van der Waals surface area (Å²) in [4.78, 5) is 11.8. The second-order valence-electron chi connectivity index (χ2n) is 4.57. The van der Waals surface area contributed by atoms with Gasteiger partial charge in [0.2, 0.25) is 5.91 Å². The van der Waals surface area contributed by atoms with Crippen molar-refractivity contribution in [2.45, 2.75) is 26.3 Å². The Morgan fingerprint density at radius 2 is 1.94 bits per heavy atom. The van der Waals surface area contributed by atoms with Crippen LogP contribution in [0.5, 0.6) is 0 Å². The molecule has 1 aromatic carbocycles. The molecule has 0 aliphatic rings. The van der Waals surface area contributed by atoms with Gasteiger partial charge in [0.25, 0.3) is 0 Å². The Kier molecular flexibility index (Phi) is 4.52. The van der Waals surface area contributed by atoms with Crippen molar-refractivity contribution in [2.24, 2.45) is 0 Å². The summed E-state index contributed by atoms with van der Waals surface area (Å²) >= 11 is 5.78. The summed E-state index contributed by atoms with van der Waals surface area (Å²) < 4.78 is 0. The van der Waals surface area contributed by atoms with Crippen molar-refractivity contribution in [1.82, 2.24) is 5.32 Å². The Hall–Kier alpha value is -1.79. The van der Waals surface area contributed by atoms with Crippen LogP contribution in [0.1, 0.15) is 26.3 Å². The van der Waals surface area contributed by atoms with E-state index >= 15 is 0 Å². The van der Waals surface area contributed by atoms with Crippen LogP contribution >= 0.6 is 11.6 Å². The molecular weight excluding hydrogens is 248 g/mol. The third kappa shape index (κ3) is 4.23. The van der Waals surface area contributed by atoms with E-state index in [2.05, 4.69) is 5.32 Å². The van der Waals surface area contributed by atoms with Gasteiger partial charge in [0, 0.05) is 10.6 Å². The number of hydrogen-bond acceptors (Lipinski definition) is 2. The van der Waals surface area contributed by atoms with Crippen LogP contribution in [0.3, 0.4) is 0 Å². The van der Waals surface area contributed by atoms with Crippen molar-refractivity contribution in [1.29, 1.82) is 5.26 Å². The molecule has 0 bridgehead atoms. The summed E-state index contributed by atoms with van der Waals surface area (Å²) in [5, 5.41) is 12.1. The molecule has 18 heavy (non-hydrogen) atoms. The second kappa shape index (κ2) is 5.70. The first-order valence-electron chi connectivity index (χ1n) is 5.52. The highest BCUT2D eigenvalue weighted by Gasteiger charge is 2.19. The Balaban J connectivity index is 2.81. The molecule has 1 rings (SSSR count). The minimum Gasteiger partial charge on any atom is -0.334 e. The van der Waals surface area contributed by atoms with Crippen LogP contribution in [0.25, 0.3) is 6.08 Å². The fourth-order valence-corrected chi connectivity index (χ4v) is 1.41. The van der Waals surface area contributed by atoms with Crippen LogP contribution in [0, 0.1) is 11.3 Å². The number of benzene rings is 1. The Labute approximate surface area is 112 Å². The van der Waals surface area contributed by atoms with Gasteiger partial charge in [-0.2, -0.15) is 5.26 Å². The first kappa shape index (κ1) is 14.3. The minimum atomic E-state index is -0.869. The molecular formula is C14H15ClN2O. The number of carbonyl (C=O) groups excluding carboxylic acids is 1. The lowest BCUT2D eigenvalue weighted by atomic mass is 10.1. The van der Waals surface area contributed by atoms with E-state index in [9.17, 15) is 4.79 Å². The average Bonchev–Trinajstić information content (AvgIpc) is 2.31. The largest absolute Gasteiger partial charge is 0.334 e. The van der Waals surface area contributed by atoms with Crippen molar-refractivity contribution in [2.75, 3.05) is 0 Å².